The van der Waals surface area contributed by atoms with Crippen molar-refractivity contribution in [2.45, 2.75) is 25.9 Å². The molecule has 4 rings (SSSR count). The fourth-order valence-electron chi connectivity index (χ4n) is 2.95. The van der Waals surface area contributed by atoms with E-state index < -0.39 is 0 Å². The van der Waals surface area contributed by atoms with Crippen molar-refractivity contribution >= 4 is 27.5 Å². The first kappa shape index (κ1) is 15.1. The third kappa shape index (κ3) is 3.26. The molecule has 0 radical (unpaired) electrons. The van der Waals surface area contributed by atoms with Gasteiger partial charge in [0.2, 0.25) is 0 Å². The molecule has 24 heavy (non-hydrogen) atoms. The van der Waals surface area contributed by atoms with Crippen molar-refractivity contribution < 1.29 is 14.3 Å². The summed E-state index contributed by atoms with van der Waals surface area (Å²) in [5.74, 6) is 0.349. The zero-order valence-electron chi connectivity index (χ0n) is 13.2. The number of thiazole rings is 1. The lowest BCUT2D eigenvalue weighted by Gasteiger charge is -2.07. The van der Waals surface area contributed by atoms with Crippen LogP contribution in [-0.4, -0.2) is 17.6 Å². The van der Waals surface area contributed by atoms with Crippen molar-refractivity contribution in [2.24, 2.45) is 0 Å². The minimum absolute atomic E-state index is 0.0797. The van der Waals surface area contributed by atoms with Gasteiger partial charge >= 0.3 is 5.97 Å². The number of nitrogens with zero attached hydrogens (tertiary/aromatic N) is 1. The van der Waals surface area contributed by atoms with E-state index in [-0.39, 0.29) is 19.2 Å². The SMILES string of the molecule is O=C(COc1ccc2c(c1)CCC2)OCc1nc2ccccc2s1. The van der Waals surface area contributed by atoms with Gasteiger partial charge in [-0.3, -0.25) is 0 Å². The van der Waals surface area contributed by atoms with E-state index in [0.717, 1.165) is 33.8 Å². The molecule has 1 aromatic heterocycles. The van der Waals surface area contributed by atoms with Gasteiger partial charge < -0.3 is 9.47 Å². The summed E-state index contributed by atoms with van der Waals surface area (Å²) in [5.41, 5.74) is 3.65. The standard InChI is InChI=1S/C19H17NO3S/c21-19(12-22-15-9-8-13-4-3-5-14(13)10-15)23-11-18-20-16-6-1-2-7-17(16)24-18/h1-2,6-10H,3-5,11-12H2. The van der Waals surface area contributed by atoms with E-state index in [0.29, 0.717) is 0 Å². The molecule has 0 spiro atoms. The predicted octanol–water partition coefficient (Wildman–Crippen LogP) is 3.91. The maximum Gasteiger partial charge on any atom is 0.344 e. The number of benzene rings is 2. The molecule has 1 aliphatic carbocycles. The highest BCUT2D eigenvalue weighted by Crippen LogP contribution is 2.26. The Morgan fingerprint density at radius 3 is 2.92 bits per heavy atom. The zero-order valence-corrected chi connectivity index (χ0v) is 14.0. The van der Waals surface area contributed by atoms with Gasteiger partial charge in [-0.25, -0.2) is 9.78 Å². The maximum atomic E-state index is 11.9. The summed E-state index contributed by atoms with van der Waals surface area (Å²) in [4.78, 5) is 16.3. The van der Waals surface area contributed by atoms with Crippen molar-refractivity contribution in [3.63, 3.8) is 0 Å². The van der Waals surface area contributed by atoms with E-state index in [9.17, 15) is 4.79 Å². The number of hydrogen-bond acceptors (Lipinski definition) is 5. The molecule has 0 bridgehead atoms. The number of carbonyl (C=O) groups is 1. The van der Waals surface area contributed by atoms with Crippen LogP contribution in [0.25, 0.3) is 10.2 Å². The Hall–Kier alpha value is -2.40. The molecule has 0 atom stereocenters. The molecule has 0 unspecified atom stereocenters. The first-order valence-corrected chi connectivity index (χ1v) is 8.84. The average Bonchev–Trinajstić information content (AvgIpc) is 3.23. The lowest BCUT2D eigenvalue weighted by atomic mass is 10.1. The first-order chi connectivity index (χ1) is 11.8. The van der Waals surface area contributed by atoms with Gasteiger partial charge in [-0.15, -0.1) is 11.3 Å². The second-order valence-corrected chi connectivity index (χ2v) is 6.92. The van der Waals surface area contributed by atoms with Crippen molar-refractivity contribution in [2.75, 3.05) is 6.61 Å². The molecule has 122 valence electrons. The molecule has 1 heterocycles. The van der Waals surface area contributed by atoms with Gasteiger partial charge in [-0.1, -0.05) is 18.2 Å². The lowest BCUT2D eigenvalue weighted by molar-refractivity contribution is -0.147. The third-order valence-electron chi connectivity index (χ3n) is 4.12. The highest BCUT2D eigenvalue weighted by atomic mass is 32.1. The number of carbonyl (C=O) groups excluding carboxylic acids is 1. The van der Waals surface area contributed by atoms with Crippen LogP contribution in [0, 0.1) is 0 Å². The van der Waals surface area contributed by atoms with Crippen LogP contribution in [0.1, 0.15) is 22.6 Å². The number of para-hydroxylation sites is 1. The molecule has 1 aliphatic rings. The van der Waals surface area contributed by atoms with Crippen LogP contribution in [-0.2, 0) is 29.0 Å². The molecule has 0 aliphatic heterocycles. The Bertz CT molecular complexity index is 854. The summed E-state index contributed by atoms with van der Waals surface area (Å²) in [6.45, 7) is 0.107. The Morgan fingerprint density at radius 1 is 1.12 bits per heavy atom. The summed E-state index contributed by atoms with van der Waals surface area (Å²) in [6, 6.07) is 13.9. The van der Waals surface area contributed by atoms with Crippen LogP contribution < -0.4 is 4.74 Å². The smallest absolute Gasteiger partial charge is 0.344 e. The largest absolute Gasteiger partial charge is 0.482 e. The van der Waals surface area contributed by atoms with Gasteiger partial charge in [-0.2, -0.15) is 0 Å². The maximum absolute atomic E-state index is 11.9. The van der Waals surface area contributed by atoms with Crippen LogP contribution >= 0.6 is 11.3 Å². The first-order valence-electron chi connectivity index (χ1n) is 8.02. The summed E-state index contributed by atoms with van der Waals surface area (Å²) in [6.07, 6.45) is 3.43. The quantitative estimate of drug-likeness (QED) is 0.661. The van der Waals surface area contributed by atoms with Crippen LogP contribution in [0.5, 0.6) is 5.75 Å². The third-order valence-corrected chi connectivity index (χ3v) is 5.13. The van der Waals surface area contributed by atoms with Crippen molar-refractivity contribution in [1.29, 1.82) is 0 Å². The number of aryl methyl sites for hydroxylation is 2. The van der Waals surface area contributed by atoms with Gasteiger partial charge in [-0.05, 0) is 54.7 Å². The minimum Gasteiger partial charge on any atom is -0.482 e. The van der Waals surface area contributed by atoms with Crippen LogP contribution in [0.3, 0.4) is 0 Å². The van der Waals surface area contributed by atoms with Gasteiger partial charge in [0, 0.05) is 0 Å². The highest BCUT2D eigenvalue weighted by Gasteiger charge is 2.12. The van der Waals surface area contributed by atoms with Crippen LogP contribution in [0.4, 0.5) is 0 Å². The molecule has 3 aromatic rings. The van der Waals surface area contributed by atoms with Crippen molar-refractivity contribution in [1.82, 2.24) is 4.98 Å². The molecule has 0 amide bonds. The van der Waals surface area contributed by atoms with Crippen molar-refractivity contribution in [3.8, 4) is 5.75 Å². The Balaban J connectivity index is 1.30. The second kappa shape index (κ2) is 6.61. The number of esters is 1. The van der Waals surface area contributed by atoms with E-state index >= 15 is 0 Å². The zero-order chi connectivity index (χ0) is 16.4. The van der Waals surface area contributed by atoms with Crippen LogP contribution in [0.15, 0.2) is 42.5 Å². The fraction of sp³-hybridized carbons (Fsp3) is 0.263. The molecule has 0 fully saturated rings. The van der Waals surface area contributed by atoms with E-state index in [2.05, 4.69) is 11.1 Å². The molecule has 0 saturated heterocycles. The number of ether oxygens (including phenoxy) is 2. The number of aromatic nitrogens is 1. The Kier molecular flexibility index (Phi) is 4.17. The molecular weight excluding hydrogens is 322 g/mol. The normalized spacial score (nSPS) is 13.0. The topological polar surface area (TPSA) is 48.4 Å². The van der Waals surface area contributed by atoms with Crippen molar-refractivity contribution in [3.05, 3.63) is 58.6 Å². The van der Waals surface area contributed by atoms with E-state index in [4.69, 9.17) is 9.47 Å². The van der Waals surface area contributed by atoms with Crippen LogP contribution in [0.2, 0.25) is 0 Å². The number of fused-ring (bicyclic) bond motifs is 2. The Morgan fingerprint density at radius 2 is 2.00 bits per heavy atom. The van der Waals surface area contributed by atoms with Gasteiger partial charge in [0.25, 0.3) is 0 Å². The summed E-state index contributed by atoms with van der Waals surface area (Å²) in [5, 5.41) is 0.794. The van der Waals surface area contributed by atoms with Gasteiger partial charge in [0.05, 0.1) is 10.2 Å². The average molecular weight is 339 g/mol. The number of rotatable bonds is 5. The molecule has 0 saturated carbocycles. The molecule has 4 nitrogen and oxygen atoms in total. The van der Waals surface area contributed by atoms with Gasteiger partial charge in [0.1, 0.15) is 17.4 Å². The second-order valence-electron chi connectivity index (χ2n) is 5.81. The summed E-state index contributed by atoms with van der Waals surface area (Å²) in [7, 11) is 0. The number of hydrogen-bond donors (Lipinski definition) is 0. The lowest BCUT2D eigenvalue weighted by Crippen LogP contribution is -2.14. The van der Waals surface area contributed by atoms with Gasteiger partial charge in [0.15, 0.2) is 6.61 Å². The molecular formula is C19H17NO3S. The molecule has 5 heteroatoms. The summed E-state index contributed by atoms with van der Waals surface area (Å²) >= 11 is 1.54. The summed E-state index contributed by atoms with van der Waals surface area (Å²) < 4.78 is 11.9. The molecule has 2 aromatic carbocycles. The van der Waals surface area contributed by atoms with E-state index in [1.54, 1.807) is 0 Å². The Labute approximate surface area is 144 Å². The van der Waals surface area contributed by atoms with E-state index in [1.807, 2.05) is 36.4 Å². The van der Waals surface area contributed by atoms with E-state index in [1.165, 1.54) is 28.9 Å². The highest BCUT2D eigenvalue weighted by molar-refractivity contribution is 7.18. The predicted molar refractivity (Wildman–Crippen MR) is 93.4 cm³/mol. The fourth-order valence-corrected chi connectivity index (χ4v) is 3.83. The molecule has 0 N–H and O–H groups in total. The monoisotopic (exact) mass is 339 g/mol. The minimum atomic E-state index is -0.380.